The van der Waals surface area contributed by atoms with Gasteiger partial charge in [0, 0.05) is 45.9 Å². The molecule has 182 valence electrons. The van der Waals surface area contributed by atoms with Gasteiger partial charge >= 0.3 is 0 Å². The Bertz CT molecular complexity index is 1100. The van der Waals surface area contributed by atoms with Crippen LogP contribution in [0.2, 0.25) is 5.02 Å². The topological polar surface area (TPSA) is 74.2 Å². The molecule has 0 radical (unpaired) electrons. The maximum absolute atomic E-state index is 13.9. The van der Waals surface area contributed by atoms with E-state index in [0.717, 1.165) is 18.0 Å². The van der Waals surface area contributed by atoms with Gasteiger partial charge in [-0.3, -0.25) is 9.98 Å². The van der Waals surface area contributed by atoms with Gasteiger partial charge < -0.3 is 15.7 Å². The molecule has 1 aromatic rings. The van der Waals surface area contributed by atoms with E-state index in [9.17, 15) is 13.9 Å². The first-order valence-corrected chi connectivity index (χ1v) is 13.6. The van der Waals surface area contributed by atoms with E-state index in [2.05, 4.69) is 21.4 Å². The van der Waals surface area contributed by atoms with Crippen molar-refractivity contribution in [3.63, 3.8) is 0 Å². The first kappa shape index (κ1) is 25.3. The molecular formula is C24H27ClF2N4OS2. The number of alkyl halides is 1. The zero-order valence-corrected chi connectivity index (χ0v) is 21.3. The van der Waals surface area contributed by atoms with Crippen LogP contribution in [0.5, 0.6) is 0 Å². The van der Waals surface area contributed by atoms with Crippen molar-refractivity contribution in [2.24, 2.45) is 15.7 Å². The minimum absolute atomic E-state index is 0.0917. The number of aliphatic hydroxyl groups is 1. The van der Waals surface area contributed by atoms with E-state index in [0.29, 0.717) is 35.6 Å². The molecule has 5 nitrogen and oxygen atoms in total. The molecule has 34 heavy (non-hydrogen) atoms. The summed E-state index contributed by atoms with van der Waals surface area (Å²) in [6.07, 6.45) is 6.78. The van der Waals surface area contributed by atoms with E-state index in [4.69, 9.17) is 22.3 Å². The molecule has 0 bridgehead atoms. The second-order valence-corrected chi connectivity index (χ2v) is 10.9. The Labute approximate surface area is 211 Å². The Morgan fingerprint density at radius 1 is 1.53 bits per heavy atom. The minimum atomic E-state index is -1.36. The van der Waals surface area contributed by atoms with E-state index in [1.54, 1.807) is 35.7 Å². The molecule has 10 heteroatoms. The largest absolute Gasteiger partial charge is 0.398 e. The fraction of sp³-hybridized carbons (Fsp3) is 0.417. The van der Waals surface area contributed by atoms with Crippen LogP contribution >= 0.6 is 35.1 Å². The van der Waals surface area contributed by atoms with Gasteiger partial charge in [-0.1, -0.05) is 23.7 Å². The molecule has 3 heterocycles. The average molecular weight is 525 g/mol. The molecule has 1 saturated heterocycles. The summed E-state index contributed by atoms with van der Waals surface area (Å²) < 4.78 is 27.1. The molecule has 3 N–H and O–H groups in total. The summed E-state index contributed by atoms with van der Waals surface area (Å²) in [5, 5.41) is 13.8. The average Bonchev–Trinajstić information content (AvgIpc) is 3.40. The monoisotopic (exact) mass is 524 g/mol. The molecule has 3 aliphatic heterocycles. The number of fused-ring (bicyclic) bond motifs is 1. The van der Waals surface area contributed by atoms with Crippen LogP contribution in [0.25, 0.3) is 0 Å². The second kappa shape index (κ2) is 10.4. The Hall–Kier alpha value is -1.81. The van der Waals surface area contributed by atoms with Crippen LogP contribution in [0.4, 0.5) is 8.78 Å². The first-order valence-electron chi connectivity index (χ1n) is 10.9. The third-order valence-electron chi connectivity index (χ3n) is 5.90. The fourth-order valence-corrected chi connectivity index (χ4v) is 6.46. The van der Waals surface area contributed by atoms with Crippen LogP contribution in [0.15, 0.2) is 62.7 Å². The normalized spacial score (nSPS) is 28.1. The predicted octanol–water partition coefficient (Wildman–Crippen LogP) is 5.23. The SMILES string of the molecule is CSC[C@]1(O)CC2=C(C(N)=CC=NC(C)F)[C@H](c3ccc(F)cc3Cl)N=C(C3CC=CS3)N2C1. The molecule has 2 unspecified atom stereocenters. The lowest BCUT2D eigenvalue weighted by Gasteiger charge is -2.36. The lowest BCUT2D eigenvalue weighted by Crippen LogP contribution is -2.42. The first-order chi connectivity index (χ1) is 16.2. The highest BCUT2D eigenvalue weighted by molar-refractivity contribution is 8.03. The number of nitrogens with two attached hydrogens (primary N) is 1. The summed E-state index contributed by atoms with van der Waals surface area (Å²) in [5.74, 6) is 0.953. The summed E-state index contributed by atoms with van der Waals surface area (Å²) in [6.45, 7) is 1.73. The zero-order chi connectivity index (χ0) is 24.5. The van der Waals surface area contributed by atoms with E-state index in [1.807, 2.05) is 6.26 Å². The predicted molar refractivity (Wildman–Crippen MR) is 140 cm³/mol. The summed E-state index contributed by atoms with van der Waals surface area (Å²) in [6, 6.07) is 3.63. The van der Waals surface area contributed by atoms with Crippen molar-refractivity contribution < 1.29 is 13.9 Å². The molecule has 0 amide bonds. The third kappa shape index (κ3) is 5.22. The highest BCUT2D eigenvalue weighted by Crippen LogP contribution is 2.47. The molecule has 0 saturated carbocycles. The molecule has 4 rings (SSSR count). The Morgan fingerprint density at radius 3 is 2.97 bits per heavy atom. The summed E-state index contributed by atoms with van der Waals surface area (Å²) in [7, 11) is 0. The lowest BCUT2D eigenvalue weighted by atomic mass is 9.91. The molecule has 0 aromatic heterocycles. The number of amidine groups is 1. The highest BCUT2D eigenvalue weighted by atomic mass is 35.5. The number of nitrogens with zero attached hydrogens (tertiary/aromatic N) is 3. The lowest BCUT2D eigenvalue weighted by molar-refractivity contribution is 0.0809. The number of hydrogen-bond acceptors (Lipinski definition) is 7. The third-order valence-corrected chi connectivity index (χ3v) is 8.14. The summed E-state index contributed by atoms with van der Waals surface area (Å²) >= 11 is 9.74. The van der Waals surface area contributed by atoms with Gasteiger partial charge in [-0.05, 0) is 43.2 Å². The Kier molecular flexibility index (Phi) is 7.76. The minimum Gasteiger partial charge on any atom is -0.398 e. The van der Waals surface area contributed by atoms with Gasteiger partial charge in [0.05, 0.1) is 17.4 Å². The molecule has 0 spiro atoms. The number of benzene rings is 1. The molecule has 3 aliphatic rings. The standard InChI is InChI=1S/C24H27ClF2N4OS2/c1-14(26)29-8-7-18(28)21-19-11-24(32,13-33-2)12-31(19)23(20-4-3-9-34-20)30-22(21)16-6-5-15(27)10-17(16)25/h3,5-10,14,20,22,32H,4,11-13,28H2,1-2H3/t14?,20?,22-,24-/m0/s1. The van der Waals surface area contributed by atoms with Crippen LogP contribution in [0.1, 0.15) is 31.4 Å². The van der Waals surface area contributed by atoms with E-state index in [1.165, 1.54) is 25.3 Å². The fourth-order valence-electron chi connectivity index (χ4n) is 4.52. The maximum atomic E-state index is 13.9. The molecule has 1 fully saturated rings. The summed E-state index contributed by atoms with van der Waals surface area (Å²) in [5.41, 5.74) is 8.07. The summed E-state index contributed by atoms with van der Waals surface area (Å²) in [4.78, 5) is 10.9. The second-order valence-electron chi connectivity index (χ2n) is 8.56. The van der Waals surface area contributed by atoms with Crippen molar-refractivity contribution in [3.8, 4) is 0 Å². The zero-order valence-electron chi connectivity index (χ0n) is 18.9. The van der Waals surface area contributed by atoms with Crippen LogP contribution in [-0.2, 0) is 0 Å². The van der Waals surface area contributed by atoms with Gasteiger partial charge in [0.1, 0.15) is 17.7 Å². The van der Waals surface area contributed by atoms with Gasteiger partial charge in [0.15, 0.2) is 6.30 Å². The maximum Gasteiger partial charge on any atom is 0.187 e. The Morgan fingerprint density at radius 2 is 2.32 bits per heavy atom. The van der Waals surface area contributed by atoms with Gasteiger partial charge in [0.25, 0.3) is 0 Å². The highest BCUT2D eigenvalue weighted by Gasteiger charge is 2.47. The van der Waals surface area contributed by atoms with Gasteiger partial charge in [-0.2, -0.15) is 11.8 Å². The number of thioether (sulfide) groups is 2. The quantitative estimate of drug-likeness (QED) is 0.377. The van der Waals surface area contributed by atoms with Gasteiger partial charge in [-0.25, -0.2) is 8.78 Å². The van der Waals surface area contributed by atoms with Crippen LogP contribution in [-0.4, -0.2) is 57.8 Å². The Balaban J connectivity index is 1.89. The van der Waals surface area contributed by atoms with E-state index < -0.39 is 23.8 Å². The number of hydrogen-bond donors (Lipinski definition) is 2. The van der Waals surface area contributed by atoms with Crippen LogP contribution < -0.4 is 5.73 Å². The van der Waals surface area contributed by atoms with Crippen molar-refractivity contribution in [2.45, 2.75) is 43.0 Å². The smallest absolute Gasteiger partial charge is 0.187 e. The number of rotatable bonds is 7. The van der Waals surface area contributed by atoms with E-state index >= 15 is 0 Å². The van der Waals surface area contributed by atoms with Crippen molar-refractivity contribution in [1.29, 1.82) is 0 Å². The van der Waals surface area contributed by atoms with Gasteiger partial charge in [-0.15, -0.1) is 11.8 Å². The van der Waals surface area contributed by atoms with Crippen LogP contribution in [0.3, 0.4) is 0 Å². The molecule has 4 atom stereocenters. The van der Waals surface area contributed by atoms with Crippen LogP contribution in [0, 0.1) is 5.82 Å². The molecule has 1 aromatic carbocycles. The van der Waals surface area contributed by atoms with E-state index in [-0.39, 0.29) is 10.3 Å². The van der Waals surface area contributed by atoms with Crippen molar-refractivity contribution in [2.75, 3.05) is 18.6 Å². The van der Waals surface area contributed by atoms with Gasteiger partial charge in [0.2, 0.25) is 0 Å². The number of aliphatic imine (C=N–C) groups is 2. The van der Waals surface area contributed by atoms with Crippen molar-refractivity contribution in [1.82, 2.24) is 4.90 Å². The van der Waals surface area contributed by atoms with Crippen molar-refractivity contribution in [3.05, 3.63) is 69.1 Å². The van der Waals surface area contributed by atoms with Crippen molar-refractivity contribution >= 4 is 47.2 Å². The molecule has 0 aliphatic carbocycles. The number of allylic oxidation sites excluding steroid dienone is 2. The number of halogens is 3. The molecular weight excluding hydrogens is 498 g/mol.